The third-order valence-corrected chi connectivity index (χ3v) is 8.99. The molecule has 3 heterocycles. The smallest absolute Gasteiger partial charge is 0.410 e. The molecule has 2 aliphatic rings. The number of cyclic esters (lactones) is 1. The number of sulfonamides is 1. The minimum absolute atomic E-state index is 0.117. The van der Waals surface area contributed by atoms with E-state index >= 15 is 0 Å². The number of rotatable bonds is 7. The Morgan fingerprint density at radius 2 is 1.78 bits per heavy atom. The average molecular weight is 576 g/mol. The predicted octanol–water partition coefficient (Wildman–Crippen LogP) is 2.68. The lowest BCUT2D eigenvalue weighted by atomic mass is 10.0. The van der Waals surface area contributed by atoms with Gasteiger partial charge in [-0.15, -0.1) is 0 Å². The molecule has 0 aliphatic carbocycles. The lowest BCUT2D eigenvalue weighted by Gasteiger charge is -2.34. The number of aromatic nitrogens is 2. The Hall–Kier alpha value is -4.54. The maximum absolute atomic E-state index is 13.3. The number of nitrogens with zero attached hydrogens (tertiary/aromatic N) is 6. The van der Waals surface area contributed by atoms with Gasteiger partial charge in [0.2, 0.25) is 16.0 Å². The van der Waals surface area contributed by atoms with Gasteiger partial charge in [0, 0.05) is 43.1 Å². The van der Waals surface area contributed by atoms with Crippen LogP contribution in [0, 0.1) is 25.2 Å². The van der Waals surface area contributed by atoms with Crippen molar-refractivity contribution in [3.05, 3.63) is 76.6 Å². The number of hydrogen-bond donors (Lipinski definition) is 1. The Balaban J connectivity index is 1.24. The van der Waals surface area contributed by atoms with Crippen LogP contribution in [0.3, 0.4) is 0 Å². The average Bonchev–Trinajstić information content (AvgIpc) is 3.38. The Morgan fingerprint density at radius 3 is 2.44 bits per heavy atom. The second-order valence-corrected chi connectivity index (χ2v) is 11.8. The summed E-state index contributed by atoms with van der Waals surface area (Å²) in [6.45, 7) is 5.94. The molecule has 12 nitrogen and oxygen atoms in total. The molecule has 2 amide bonds. The van der Waals surface area contributed by atoms with E-state index in [0.717, 1.165) is 11.1 Å². The predicted molar refractivity (Wildman–Crippen MR) is 150 cm³/mol. The lowest BCUT2D eigenvalue weighted by molar-refractivity contribution is 0.102. The second kappa shape index (κ2) is 11.5. The molecule has 13 heteroatoms. The molecular formula is C28H29N7O5S. The molecular weight excluding hydrogens is 546 g/mol. The summed E-state index contributed by atoms with van der Waals surface area (Å²) in [5.74, 6) is 0.0525. The monoisotopic (exact) mass is 575 g/mol. The Bertz CT molecular complexity index is 1630. The number of carbonyl (C=O) groups excluding carboxylic acids is 2. The van der Waals surface area contributed by atoms with Gasteiger partial charge in [0.1, 0.15) is 18.4 Å². The van der Waals surface area contributed by atoms with Crippen LogP contribution in [0.1, 0.15) is 32.9 Å². The molecule has 212 valence electrons. The van der Waals surface area contributed by atoms with E-state index in [9.17, 15) is 23.3 Å². The molecule has 2 saturated heterocycles. The number of amides is 2. The summed E-state index contributed by atoms with van der Waals surface area (Å²) >= 11 is 0. The van der Waals surface area contributed by atoms with Crippen molar-refractivity contribution in [2.45, 2.75) is 25.3 Å². The van der Waals surface area contributed by atoms with Crippen LogP contribution >= 0.6 is 0 Å². The highest BCUT2D eigenvalue weighted by atomic mass is 32.2. The van der Waals surface area contributed by atoms with Crippen LogP contribution in [0.2, 0.25) is 0 Å². The van der Waals surface area contributed by atoms with Crippen molar-refractivity contribution in [3.63, 3.8) is 0 Å². The molecule has 2 fully saturated rings. The first-order valence-electron chi connectivity index (χ1n) is 13.1. The Morgan fingerprint density at radius 1 is 1.05 bits per heavy atom. The molecule has 0 saturated carbocycles. The third kappa shape index (κ3) is 5.98. The van der Waals surface area contributed by atoms with E-state index in [1.807, 2.05) is 24.0 Å². The quantitative estimate of drug-likeness (QED) is 0.449. The van der Waals surface area contributed by atoms with E-state index < -0.39 is 16.1 Å². The fourth-order valence-corrected chi connectivity index (χ4v) is 6.25. The highest BCUT2D eigenvalue weighted by Gasteiger charge is 2.30. The standard InChI is InChI=1S/C28H29N7O5S/c1-19-4-3-5-24(25(19)18-34-14-15-40-28(34)37)26(36)31-21-6-8-23(9-7-21)41(38,39)35-12-10-33(11-13-35)27-30-20(2)16-22(17-29)32-27/h3-9,16H,10-15,18H2,1-2H3,(H,31,36). The van der Waals surface area contributed by atoms with Crippen LogP contribution in [-0.2, 0) is 21.3 Å². The van der Waals surface area contributed by atoms with Crippen LogP contribution in [0.5, 0.6) is 0 Å². The normalized spacial score (nSPS) is 15.9. The number of aryl methyl sites for hydroxylation is 2. The topological polar surface area (TPSA) is 149 Å². The molecule has 3 aromatic rings. The van der Waals surface area contributed by atoms with Crippen molar-refractivity contribution in [2.75, 3.05) is 49.5 Å². The molecule has 0 spiro atoms. The SMILES string of the molecule is Cc1cc(C#N)nc(N2CCN(S(=O)(=O)c3ccc(NC(=O)c4cccc(C)c4CN4CCOC4=O)cc3)CC2)n1. The van der Waals surface area contributed by atoms with E-state index in [4.69, 9.17) is 4.74 Å². The van der Waals surface area contributed by atoms with Gasteiger partial charge in [0.15, 0.2) is 0 Å². The number of anilines is 2. The highest BCUT2D eigenvalue weighted by molar-refractivity contribution is 7.89. The summed E-state index contributed by atoms with van der Waals surface area (Å²) < 4.78 is 33.0. The highest BCUT2D eigenvalue weighted by Crippen LogP contribution is 2.24. The molecule has 2 aliphatic heterocycles. The van der Waals surface area contributed by atoms with Gasteiger partial charge in [-0.05, 0) is 61.4 Å². The number of nitriles is 1. The van der Waals surface area contributed by atoms with Crippen molar-refractivity contribution in [1.29, 1.82) is 5.26 Å². The maximum Gasteiger partial charge on any atom is 0.410 e. The molecule has 0 radical (unpaired) electrons. The van der Waals surface area contributed by atoms with Crippen LogP contribution in [0.15, 0.2) is 53.4 Å². The van der Waals surface area contributed by atoms with Gasteiger partial charge in [-0.1, -0.05) is 12.1 Å². The van der Waals surface area contributed by atoms with E-state index in [-0.39, 0.29) is 36.1 Å². The van der Waals surface area contributed by atoms with E-state index in [0.29, 0.717) is 49.1 Å². The zero-order chi connectivity index (χ0) is 29.1. The van der Waals surface area contributed by atoms with Gasteiger partial charge in [-0.2, -0.15) is 9.57 Å². The first kappa shape index (κ1) is 28.0. The van der Waals surface area contributed by atoms with Gasteiger partial charge in [0.05, 0.1) is 18.0 Å². The second-order valence-electron chi connectivity index (χ2n) is 9.81. The van der Waals surface area contributed by atoms with E-state index in [1.165, 1.54) is 16.4 Å². The van der Waals surface area contributed by atoms with Crippen LogP contribution in [0.25, 0.3) is 0 Å². The Labute approximate surface area is 238 Å². The minimum atomic E-state index is -3.77. The number of nitrogens with one attached hydrogen (secondary N) is 1. The fraction of sp³-hybridized carbons (Fsp3) is 0.321. The molecule has 2 aromatic carbocycles. The first-order chi connectivity index (χ1) is 19.7. The molecule has 1 aromatic heterocycles. The van der Waals surface area contributed by atoms with Gasteiger partial charge in [-0.25, -0.2) is 23.2 Å². The van der Waals surface area contributed by atoms with Crippen molar-refractivity contribution in [2.24, 2.45) is 0 Å². The number of piperazine rings is 1. The summed E-state index contributed by atoms with van der Waals surface area (Å²) in [5.41, 5.74) is 3.41. The van der Waals surface area contributed by atoms with Gasteiger partial charge in [0.25, 0.3) is 5.91 Å². The summed E-state index contributed by atoms with van der Waals surface area (Å²) in [5, 5.41) is 12.0. The molecule has 5 rings (SSSR count). The molecule has 0 bridgehead atoms. The number of carbonyl (C=O) groups is 2. The fourth-order valence-electron chi connectivity index (χ4n) is 4.82. The number of hydrogen-bond acceptors (Lipinski definition) is 9. The third-order valence-electron chi connectivity index (χ3n) is 7.08. The van der Waals surface area contributed by atoms with Gasteiger partial charge >= 0.3 is 6.09 Å². The lowest BCUT2D eigenvalue weighted by Crippen LogP contribution is -2.49. The summed E-state index contributed by atoms with van der Waals surface area (Å²) in [6, 6.07) is 15.0. The van der Waals surface area contributed by atoms with Crippen molar-refractivity contribution in [1.82, 2.24) is 19.2 Å². The molecule has 41 heavy (non-hydrogen) atoms. The summed E-state index contributed by atoms with van der Waals surface area (Å²) in [7, 11) is -3.77. The summed E-state index contributed by atoms with van der Waals surface area (Å²) in [6.07, 6.45) is -0.408. The van der Waals surface area contributed by atoms with Crippen LogP contribution in [-0.4, -0.2) is 78.9 Å². The van der Waals surface area contributed by atoms with Crippen molar-refractivity contribution < 1.29 is 22.7 Å². The molecule has 0 unspecified atom stereocenters. The van der Waals surface area contributed by atoms with Crippen molar-refractivity contribution >= 4 is 33.7 Å². The number of ether oxygens (including phenoxy) is 1. The van der Waals surface area contributed by atoms with Crippen LogP contribution < -0.4 is 10.2 Å². The molecule has 0 atom stereocenters. The van der Waals surface area contributed by atoms with E-state index in [2.05, 4.69) is 15.3 Å². The zero-order valence-corrected chi connectivity index (χ0v) is 23.5. The van der Waals surface area contributed by atoms with Gasteiger partial charge < -0.3 is 19.9 Å². The van der Waals surface area contributed by atoms with Crippen molar-refractivity contribution in [3.8, 4) is 6.07 Å². The van der Waals surface area contributed by atoms with Crippen LogP contribution in [0.4, 0.5) is 16.4 Å². The Kier molecular flexibility index (Phi) is 7.87. The zero-order valence-electron chi connectivity index (χ0n) is 22.7. The van der Waals surface area contributed by atoms with Gasteiger partial charge in [-0.3, -0.25) is 4.79 Å². The first-order valence-corrected chi connectivity index (χ1v) is 14.5. The summed E-state index contributed by atoms with van der Waals surface area (Å²) in [4.78, 5) is 37.3. The minimum Gasteiger partial charge on any atom is -0.448 e. The maximum atomic E-state index is 13.3. The largest absolute Gasteiger partial charge is 0.448 e. The molecule has 1 N–H and O–H groups in total. The number of benzene rings is 2. The van der Waals surface area contributed by atoms with E-state index in [1.54, 1.807) is 42.2 Å².